The molecule has 0 radical (unpaired) electrons. The van der Waals surface area contributed by atoms with Crippen LogP contribution in [0.1, 0.15) is 16.1 Å². The van der Waals surface area contributed by atoms with Gasteiger partial charge in [-0.05, 0) is 24.1 Å². The van der Waals surface area contributed by atoms with E-state index in [9.17, 15) is 13.2 Å². The van der Waals surface area contributed by atoms with Gasteiger partial charge in [-0.25, -0.2) is 0 Å². The van der Waals surface area contributed by atoms with Crippen molar-refractivity contribution in [3.8, 4) is 0 Å². The number of aromatic nitrogens is 2. The molecule has 2 rings (SSSR count). The molecule has 1 aromatic carbocycles. The van der Waals surface area contributed by atoms with Gasteiger partial charge in [0.1, 0.15) is 5.01 Å². The highest BCUT2D eigenvalue weighted by Crippen LogP contribution is 2.35. The van der Waals surface area contributed by atoms with Crippen molar-refractivity contribution in [2.24, 2.45) is 0 Å². The highest BCUT2D eigenvalue weighted by atomic mass is 35.5. The van der Waals surface area contributed by atoms with Crippen molar-refractivity contribution in [1.29, 1.82) is 0 Å². The molecule has 102 valence electrons. The lowest BCUT2D eigenvalue weighted by Crippen LogP contribution is -2.06. The van der Waals surface area contributed by atoms with Gasteiger partial charge in [0.15, 0.2) is 0 Å². The highest BCUT2D eigenvalue weighted by molar-refractivity contribution is 7.15. The molecular formula is C11H9ClF3N3S. The van der Waals surface area contributed by atoms with E-state index >= 15 is 0 Å². The minimum absolute atomic E-state index is 0.295. The lowest BCUT2D eigenvalue weighted by Gasteiger charge is -2.10. The number of alkyl halides is 3. The smallest absolute Gasteiger partial charge is 0.374 e. The molecule has 0 saturated carbocycles. The molecule has 0 unspecified atom stereocenters. The van der Waals surface area contributed by atoms with Crippen LogP contribution < -0.4 is 5.73 Å². The number of benzene rings is 1. The zero-order valence-electron chi connectivity index (χ0n) is 9.54. The van der Waals surface area contributed by atoms with Gasteiger partial charge in [0.05, 0.1) is 10.6 Å². The second-order valence-corrected chi connectivity index (χ2v) is 5.35. The van der Waals surface area contributed by atoms with Crippen molar-refractivity contribution in [3.63, 3.8) is 0 Å². The number of nitrogen functional groups attached to an aromatic ring is 1. The molecule has 3 nitrogen and oxygen atoms in total. The Morgan fingerprint density at radius 1 is 1.21 bits per heavy atom. The van der Waals surface area contributed by atoms with E-state index in [1.807, 2.05) is 0 Å². The Hall–Kier alpha value is -1.34. The summed E-state index contributed by atoms with van der Waals surface area (Å²) in [6.45, 7) is 0. The van der Waals surface area contributed by atoms with Crippen LogP contribution >= 0.6 is 22.9 Å². The van der Waals surface area contributed by atoms with E-state index < -0.39 is 11.7 Å². The van der Waals surface area contributed by atoms with Crippen molar-refractivity contribution in [3.05, 3.63) is 39.4 Å². The van der Waals surface area contributed by atoms with Crippen LogP contribution in [0.15, 0.2) is 18.2 Å². The number of nitrogens with zero attached hydrogens (tertiary/aromatic N) is 2. The summed E-state index contributed by atoms with van der Waals surface area (Å²) >= 11 is 6.77. The molecule has 0 spiro atoms. The minimum Gasteiger partial charge on any atom is -0.374 e. The Morgan fingerprint density at radius 3 is 2.53 bits per heavy atom. The van der Waals surface area contributed by atoms with E-state index in [0.29, 0.717) is 28.5 Å². The van der Waals surface area contributed by atoms with Gasteiger partial charge >= 0.3 is 6.18 Å². The first-order chi connectivity index (χ1) is 8.86. The first-order valence-electron chi connectivity index (χ1n) is 5.30. The van der Waals surface area contributed by atoms with E-state index in [4.69, 9.17) is 17.3 Å². The largest absolute Gasteiger partial charge is 0.417 e. The number of hydrogen-bond acceptors (Lipinski definition) is 4. The summed E-state index contributed by atoms with van der Waals surface area (Å²) in [5.74, 6) is 0. The van der Waals surface area contributed by atoms with Crippen LogP contribution in [0.25, 0.3) is 0 Å². The monoisotopic (exact) mass is 307 g/mol. The summed E-state index contributed by atoms with van der Waals surface area (Å²) in [7, 11) is 0. The molecule has 0 fully saturated rings. The summed E-state index contributed by atoms with van der Waals surface area (Å²) < 4.78 is 38.0. The predicted octanol–water partition coefficient (Wildman–Crippen LogP) is 3.58. The SMILES string of the molecule is Nc1nnc(CCc2ccc(Cl)c(C(F)(F)F)c2)s1. The fourth-order valence-electron chi connectivity index (χ4n) is 1.56. The molecule has 8 heteroatoms. The second-order valence-electron chi connectivity index (χ2n) is 3.85. The van der Waals surface area contributed by atoms with Crippen molar-refractivity contribution in [2.45, 2.75) is 19.0 Å². The average Bonchev–Trinajstić information content (AvgIpc) is 2.72. The van der Waals surface area contributed by atoms with Gasteiger partial charge in [-0.15, -0.1) is 10.2 Å². The number of halogens is 4. The van der Waals surface area contributed by atoms with Crippen LogP contribution in [0, 0.1) is 0 Å². The molecule has 1 heterocycles. The van der Waals surface area contributed by atoms with E-state index in [1.165, 1.54) is 17.4 Å². The van der Waals surface area contributed by atoms with Crippen molar-refractivity contribution in [2.75, 3.05) is 5.73 Å². The maximum Gasteiger partial charge on any atom is 0.417 e. The Morgan fingerprint density at radius 2 is 1.95 bits per heavy atom. The maximum atomic E-state index is 12.7. The first-order valence-corrected chi connectivity index (χ1v) is 6.49. The highest BCUT2D eigenvalue weighted by Gasteiger charge is 2.33. The van der Waals surface area contributed by atoms with Crippen molar-refractivity contribution < 1.29 is 13.2 Å². The minimum atomic E-state index is -4.44. The zero-order chi connectivity index (χ0) is 14.0. The summed E-state index contributed by atoms with van der Waals surface area (Å²) in [6.07, 6.45) is -3.52. The van der Waals surface area contributed by atoms with Crippen LogP contribution in [-0.4, -0.2) is 10.2 Å². The molecule has 0 bridgehead atoms. The number of rotatable bonds is 3. The van der Waals surface area contributed by atoms with Gasteiger partial charge in [-0.1, -0.05) is 29.0 Å². The number of anilines is 1. The quantitative estimate of drug-likeness (QED) is 0.943. The molecule has 19 heavy (non-hydrogen) atoms. The van der Waals surface area contributed by atoms with Gasteiger partial charge in [0, 0.05) is 6.42 Å². The normalized spacial score (nSPS) is 11.8. The topological polar surface area (TPSA) is 51.8 Å². The van der Waals surface area contributed by atoms with Gasteiger partial charge < -0.3 is 5.73 Å². The standard InChI is InChI=1S/C11H9ClF3N3S/c12-8-3-1-6(5-7(8)11(13,14)15)2-4-9-17-18-10(16)19-9/h1,3,5H,2,4H2,(H2,16,18). The molecule has 0 aliphatic heterocycles. The molecule has 2 N–H and O–H groups in total. The van der Waals surface area contributed by atoms with Crippen LogP contribution in [0.5, 0.6) is 0 Å². The third-order valence-electron chi connectivity index (χ3n) is 2.45. The maximum absolute atomic E-state index is 12.7. The van der Waals surface area contributed by atoms with Crippen LogP contribution in [0.2, 0.25) is 5.02 Å². The van der Waals surface area contributed by atoms with Gasteiger partial charge in [0.25, 0.3) is 0 Å². The van der Waals surface area contributed by atoms with Crippen molar-refractivity contribution >= 4 is 28.1 Å². The number of nitrogens with two attached hydrogens (primary N) is 1. The Labute approximate surface area is 116 Å². The molecule has 0 atom stereocenters. The average molecular weight is 308 g/mol. The first kappa shape index (κ1) is 14.1. The predicted molar refractivity (Wildman–Crippen MR) is 68.2 cm³/mol. The Balaban J connectivity index is 2.13. The van der Waals surface area contributed by atoms with E-state index in [1.54, 1.807) is 6.07 Å². The third-order valence-corrected chi connectivity index (χ3v) is 3.59. The lowest BCUT2D eigenvalue weighted by molar-refractivity contribution is -0.137. The van der Waals surface area contributed by atoms with E-state index in [-0.39, 0.29) is 5.02 Å². The Bertz CT molecular complexity index is 583. The molecule has 0 aliphatic carbocycles. The van der Waals surface area contributed by atoms with Crippen molar-refractivity contribution in [1.82, 2.24) is 10.2 Å². The summed E-state index contributed by atoms with van der Waals surface area (Å²) in [4.78, 5) is 0. The molecule has 0 saturated heterocycles. The summed E-state index contributed by atoms with van der Waals surface area (Å²) in [5.41, 5.74) is 5.16. The molecular weight excluding hydrogens is 299 g/mol. The fourth-order valence-corrected chi connectivity index (χ4v) is 2.40. The molecule has 0 amide bonds. The molecule has 0 aliphatic rings. The van der Waals surface area contributed by atoms with Gasteiger partial charge in [-0.2, -0.15) is 13.2 Å². The second kappa shape index (κ2) is 5.34. The lowest BCUT2D eigenvalue weighted by atomic mass is 10.1. The molecule has 2 aromatic rings. The van der Waals surface area contributed by atoms with Gasteiger partial charge in [0.2, 0.25) is 5.13 Å². The Kier molecular flexibility index (Phi) is 3.96. The fraction of sp³-hybridized carbons (Fsp3) is 0.273. The van der Waals surface area contributed by atoms with Crippen LogP contribution in [0.3, 0.4) is 0 Å². The number of aryl methyl sites for hydroxylation is 2. The van der Waals surface area contributed by atoms with Crippen LogP contribution in [-0.2, 0) is 19.0 Å². The summed E-state index contributed by atoms with van der Waals surface area (Å²) in [6, 6.07) is 3.89. The van der Waals surface area contributed by atoms with E-state index in [0.717, 1.165) is 6.07 Å². The van der Waals surface area contributed by atoms with E-state index in [2.05, 4.69) is 10.2 Å². The molecule has 1 aromatic heterocycles. The van der Waals surface area contributed by atoms with Crippen LogP contribution in [0.4, 0.5) is 18.3 Å². The third kappa shape index (κ3) is 3.57. The number of hydrogen-bond donors (Lipinski definition) is 1. The van der Waals surface area contributed by atoms with Gasteiger partial charge in [-0.3, -0.25) is 0 Å². The zero-order valence-corrected chi connectivity index (χ0v) is 11.1. The summed E-state index contributed by atoms with van der Waals surface area (Å²) in [5, 5.41) is 8.21.